The van der Waals surface area contributed by atoms with Gasteiger partial charge in [0.15, 0.2) is 0 Å². The van der Waals surface area contributed by atoms with Gasteiger partial charge in [0, 0.05) is 16.0 Å². The number of nitrogens with zero attached hydrogens (tertiary/aromatic N) is 1. The van der Waals surface area contributed by atoms with E-state index in [0.717, 1.165) is 12.8 Å². The van der Waals surface area contributed by atoms with Gasteiger partial charge in [-0.1, -0.05) is 31.4 Å². The fraction of sp³-hybridized carbons (Fsp3) is 0.565. The van der Waals surface area contributed by atoms with Gasteiger partial charge in [-0.15, -0.1) is 22.9 Å². The molecule has 0 atom stereocenters. The molecule has 0 spiro atoms. The highest BCUT2D eigenvalue weighted by molar-refractivity contribution is 7.11. The van der Waals surface area contributed by atoms with Crippen molar-refractivity contribution in [1.82, 2.24) is 0 Å². The molecule has 1 heterocycles. The van der Waals surface area contributed by atoms with Gasteiger partial charge in [0.25, 0.3) is 5.91 Å². The van der Waals surface area contributed by atoms with E-state index in [1.54, 1.807) is 6.92 Å². The van der Waals surface area contributed by atoms with Crippen molar-refractivity contribution in [2.24, 2.45) is 0 Å². The zero-order valence-corrected chi connectivity index (χ0v) is 21.5. The number of thiophene rings is 1. The van der Waals surface area contributed by atoms with E-state index in [2.05, 4.69) is 0 Å². The molecule has 1 aliphatic rings. The van der Waals surface area contributed by atoms with Crippen LogP contribution in [0, 0.1) is 5.13 Å². The lowest BCUT2D eigenvalue weighted by molar-refractivity contribution is -0.142. The Kier molecular flexibility index (Phi) is 11.5. The zero-order chi connectivity index (χ0) is 25.3. The lowest BCUT2D eigenvalue weighted by Crippen LogP contribution is -2.40. The standard InChI is InChI=1S/C23H28Cl2FNO6S/c1-3-5-8-11-33-23(31)15-10-7-6-9-14(15)22(30)27(17(28)13-24)20-19(25)16(34-21(20)26)12-18(29)32-4-2/h3-13H2,1-2H3. The van der Waals surface area contributed by atoms with Crippen molar-refractivity contribution < 1.29 is 33.0 Å². The number of unbranched alkanes of at least 4 members (excludes halogenated alkanes) is 2. The first-order chi connectivity index (χ1) is 16.3. The van der Waals surface area contributed by atoms with Crippen LogP contribution in [0.25, 0.3) is 0 Å². The number of hydrogen-bond donors (Lipinski definition) is 0. The second kappa shape index (κ2) is 13.8. The lowest BCUT2D eigenvalue weighted by atomic mass is 9.90. The van der Waals surface area contributed by atoms with E-state index in [1.807, 2.05) is 6.92 Å². The largest absolute Gasteiger partial charge is 0.466 e. The Labute approximate surface area is 212 Å². The van der Waals surface area contributed by atoms with Crippen LogP contribution in [-0.4, -0.2) is 42.8 Å². The summed E-state index contributed by atoms with van der Waals surface area (Å²) in [5, 5.41) is -1.17. The summed E-state index contributed by atoms with van der Waals surface area (Å²) < 4.78 is 25.2. The summed E-state index contributed by atoms with van der Waals surface area (Å²) in [6.45, 7) is 4.02. The third kappa shape index (κ3) is 7.02. The van der Waals surface area contributed by atoms with Crippen molar-refractivity contribution in [2.45, 2.75) is 65.2 Å². The van der Waals surface area contributed by atoms with Crippen LogP contribution in [0.4, 0.5) is 10.1 Å². The molecule has 0 unspecified atom stereocenters. The van der Waals surface area contributed by atoms with Crippen LogP contribution in [0.5, 0.6) is 0 Å². The summed E-state index contributed by atoms with van der Waals surface area (Å²) in [5.74, 6) is -3.62. The van der Waals surface area contributed by atoms with Gasteiger partial charge in [-0.2, -0.15) is 4.39 Å². The summed E-state index contributed by atoms with van der Waals surface area (Å²) in [6.07, 6.45) is 4.08. The molecule has 1 aromatic heterocycles. The molecule has 0 saturated carbocycles. The van der Waals surface area contributed by atoms with Crippen LogP contribution in [0.15, 0.2) is 11.1 Å². The molecule has 0 aromatic carbocycles. The fourth-order valence-corrected chi connectivity index (χ4v) is 4.98. The Hall–Kier alpha value is -1.97. The van der Waals surface area contributed by atoms with E-state index in [-0.39, 0.29) is 47.1 Å². The number of halogens is 3. The molecule has 0 aliphatic heterocycles. The van der Waals surface area contributed by atoms with E-state index in [0.29, 0.717) is 41.9 Å². The minimum absolute atomic E-state index is 0.0822. The molecule has 34 heavy (non-hydrogen) atoms. The molecule has 1 aromatic rings. The van der Waals surface area contributed by atoms with Crippen molar-refractivity contribution in [3.63, 3.8) is 0 Å². The molecular weight excluding hydrogens is 508 g/mol. The van der Waals surface area contributed by atoms with Crippen LogP contribution in [0.2, 0.25) is 5.02 Å². The molecular formula is C23H28Cl2FNO6S. The number of hydrogen-bond acceptors (Lipinski definition) is 7. The Balaban J connectivity index is 2.43. The van der Waals surface area contributed by atoms with Crippen LogP contribution < -0.4 is 4.90 Å². The molecule has 1 aliphatic carbocycles. The number of alkyl halides is 1. The smallest absolute Gasteiger partial charge is 0.334 e. The number of anilines is 1. The molecule has 7 nitrogen and oxygen atoms in total. The van der Waals surface area contributed by atoms with Crippen molar-refractivity contribution in [3.8, 4) is 0 Å². The number of amides is 2. The molecule has 2 rings (SSSR count). The van der Waals surface area contributed by atoms with E-state index in [1.165, 1.54) is 0 Å². The number of rotatable bonds is 11. The molecule has 188 valence electrons. The first-order valence-electron chi connectivity index (χ1n) is 11.2. The molecule has 0 fully saturated rings. The van der Waals surface area contributed by atoms with Crippen LogP contribution >= 0.6 is 34.5 Å². The molecule has 0 radical (unpaired) electrons. The van der Waals surface area contributed by atoms with Gasteiger partial charge in [-0.05, 0) is 39.0 Å². The molecule has 2 amide bonds. The minimum Gasteiger partial charge on any atom is -0.466 e. The van der Waals surface area contributed by atoms with Crippen molar-refractivity contribution >= 4 is 64.0 Å². The monoisotopic (exact) mass is 535 g/mol. The molecule has 11 heteroatoms. The van der Waals surface area contributed by atoms with E-state index < -0.39 is 40.5 Å². The van der Waals surface area contributed by atoms with Crippen LogP contribution in [-0.2, 0) is 35.1 Å². The molecule has 0 bridgehead atoms. The van der Waals surface area contributed by atoms with Gasteiger partial charge in [-0.3, -0.25) is 14.4 Å². The highest BCUT2D eigenvalue weighted by atomic mass is 35.5. The van der Waals surface area contributed by atoms with E-state index >= 15 is 0 Å². The topological polar surface area (TPSA) is 90.0 Å². The number of imide groups is 1. The predicted molar refractivity (Wildman–Crippen MR) is 129 cm³/mol. The first kappa shape index (κ1) is 28.3. The average molecular weight is 536 g/mol. The van der Waals surface area contributed by atoms with Crippen LogP contribution in [0.1, 0.15) is 63.7 Å². The van der Waals surface area contributed by atoms with Crippen molar-refractivity contribution in [3.05, 3.63) is 26.2 Å². The maximum Gasteiger partial charge on any atom is 0.334 e. The van der Waals surface area contributed by atoms with Crippen molar-refractivity contribution in [2.75, 3.05) is 24.0 Å². The van der Waals surface area contributed by atoms with Crippen molar-refractivity contribution in [1.29, 1.82) is 0 Å². The zero-order valence-electron chi connectivity index (χ0n) is 19.2. The quantitative estimate of drug-likeness (QED) is 0.215. The highest BCUT2D eigenvalue weighted by Crippen LogP contribution is 2.41. The third-order valence-corrected chi connectivity index (χ3v) is 6.92. The van der Waals surface area contributed by atoms with E-state index in [9.17, 15) is 23.6 Å². The Morgan fingerprint density at radius 2 is 1.74 bits per heavy atom. The fourth-order valence-electron chi connectivity index (χ4n) is 3.57. The van der Waals surface area contributed by atoms with E-state index in [4.69, 9.17) is 32.7 Å². The third-order valence-electron chi connectivity index (χ3n) is 5.21. The summed E-state index contributed by atoms with van der Waals surface area (Å²) in [4.78, 5) is 51.4. The Bertz CT molecular complexity index is 962. The predicted octanol–water partition coefficient (Wildman–Crippen LogP) is 5.35. The maximum absolute atomic E-state index is 15.0. The summed E-state index contributed by atoms with van der Waals surface area (Å²) in [7, 11) is 0. The number of ether oxygens (including phenoxy) is 2. The highest BCUT2D eigenvalue weighted by Gasteiger charge is 2.36. The molecule has 0 N–H and O–H groups in total. The lowest BCUT2D eigenvalue weighted by Gasteiger charge is -2.25. The Morgan fingerprint density at radius 1 is 1.06 bits per heavy atom. The second-order valence-electron chi connectivity index (χ2n) is 7.62. The van der Waals surface area contributed by atoms with Gasteiger partial charge < -0.3 is 9.47 Å². The number of carbonyl (C=O) groups is 4. The second-order valence-corrected chi connectivity index (χ2v) is 9.32. The SMILES string of the molecule is CCCCCOC(=O)C1=C(C(=O)N(C(=O)CCl)c2c(F)sc(CC(=O)OCC)c2Cl)CCCC1. The number of esters is 2. The minimum atomic E-state index is -0.920. The maximum atomic E-state index is 15.0. The average Bonchev–Trinajstić information content (AvgIpc) is 3.09. The van der Waals surface area contributed by atoms with Gasteiger partial charge in [0.2, 0.25) is 11.0 Å². The first-order valence-corrected chi connectivity index (χ1v) is 12.9. The van der Waals surface area contributed by atoms with Gasteiger partial charge in [-0.25, -0.2) is 9.69 Å². The number of carbonyl (C=O) groups excluding carboxylic acids is 4. The Morgan fingerprint density at radius 3 is 2.35 bits per heavy atom. The summed E-state index contributed by atoms with van der Waals surface area (Å²) in [5.41, 5.74) is -0.215. The summed E-state index contributed by atoms with van der Waals surface area (Å²) >= 11 is 12.6. The normalized spacial score (nSPS) is 13.6. The van der Waals surface area contributed by atoms with Gasteiger partial charge in [0.05, 0.1) is 24.7 Å². The summed E-state index contributed by atoms with van der Waals surface area (Å²) in [6, 6.07) is 0. The molecule has 0 saturated heterocycles. The van der Waals surface area contributed by atoms with Gasteiger partial charge in [0.1, 0.15) is 11.6 Å². The van der Waals surface area contributed by atoms with Crippen LogP contribution in [0.3, 0.4) is 0 Å². The van der Waals surface area contributed by atoms with Gasteiger partial charge >= 0.3 is 11.9 Å².